The second-order valence-electron chi connectivity index (χ2n) is 5.06. The molecular formula is C17H13BrN2O4. The van der Waals surface area contributed by atoms with Crippen LogP contribution in [0.25, 0.3) is 10.9 Å². The fourth-order valence-corrected chi connectivity index (χ4v) is 2.70. The number of rotatable bonds is 4. The summed E-state index contributed by atoms with van der Waals surface area (Å²) in [5.74, 6) is -1.05. The molecule has 0 aliphatic carbocycles. The second-order valence-corrected chi connectivity index (χ2v) is 5.97. The lowest BCUT2D eigenvalue weighted by atomic mass is 10.1. The SMILES string of the molecule is O=C(Nc1[nH]c2ccc(Br)cc2c1C(=O)O)OCc1ccccc1. The number of carbonyl (C=O) groups is 2. The Hall–Kier alpha value is -2.80. The van der Waals surface area contributed by atoms with Crippen LogP contribution in [0.5, 0.6) is 0 Å². The van der Waals surface area contributed by atoms with Gasteiger partial charge in [-0.2, -0.15) is 0 Å². The fraction of sp³-hybridized carbons (Fsp3) is 0.0588. The number of aromatic nitrogens is 1. The Morgan fingerprint density at radius 3 is 2.62 bits per heavy atom. The zero-order valence-corrected chi connectivity index (χ0v) is 14.0. The van der Waals surface area contributed by atoms with Gasteiger partial charge in [-0.15, -0.1) is 0 Å². The van der Waals surface area contributed by atoms with E-state index in [2.05, 4.69) is 26.2 Å². The molecule has 122 valence electrons. The Morgan fingerprint density at radius 2 is 1.92 bits per heavy atom. The number of nitrogens with one attached hydrogen (secondary N) is 2. The van der Waals surface area contributed by atoms with Crippen LogP contribution in [0.3, 0.4) is 0 Å². The maximum atomic E-state index is 11.9. The Bertz CT molecular complexity index is 906. The number of carboxylic acids is 1. The first-order chi connectivity index (χ1) is 11.5. The number of amides is 1. The number of aromatic carboxylic acids is 1. The van der Waals surface area contributed by atoms with Gasteiger partial charge in [-0.1, -0.05) is 46.3 Å². The van der Waals surface area contributed by atoms with Crippen LogP contribution in [0.1, 0.15) is 15.9 Å². The van der Waals surface area contributed by atoms with Gasteiger partial charge in [0.15, 0.2) is 0 Å². The van der Waals surface area contributed by atoms with Crippen molar-refractivity contribution in [1.82, 2.24) is 4.98 Å². The lowest BCUT2D eigenvalue weighted by molar-refractivity contribution is 0.0700. The van der Waals surface area contributed by atoms with Crippen LogP contribution < -0.4 is 5.32 Å². The molecule has 3 rings (SSSR count). The van der Waals surface area contributed by atoms with E-state index in [9.17, 15) is 14.7 Å². The van der Waals surface area contributed by atoms with Crippen molar-refractivity contribution < 1.29 is 19.4 Å². The largest absolute Gasteiger partial charge is 0.478 e. The van der Waals surface area contributed by atoms with Crippen molar-refractivity contribution in [3.05, 3.63) is 64.1 Å². The van der Waals surface area contributed by atoms with Crippen molar-refractivity contribution in [2.75, 3.05) is 5.32 Å². The number of hydrogen-bond acceptors (Lipinski definition) is 3. The first kappa shape index (κ1) is 16.1. The van der Waals surface area contributed by atoms with Gasteiger partial charge in [0.25, 0.3) is 0 Å². The molecule has 0 saturated carbocycles. The highest BCUT2D eigenvalue weighted by molar-refractivity contribution is 9.10. The van der Waals surface area contributed by atoms with Gasteiger partial charge in [0, 0.05) is 15.4 Å². The average molecular weight is 389 g/mol. The van der Waals surface area contributed by atoms with Crippen LogP contribution in [-0.4, -0.2) is 22.2 Å². The molecule has 6 nitrogen and oxygen atoms in total. The van der Waals surface area contributed by atoms with Gasteiger partial charge in [0.05, 0.1) is 0 Å². The van der Waals surface area contributed by atoms with Crippen LogP contribution in [0.2, 0.25) is 0 Å². The molecule has 1 amide bonds. The lowest BCUT2D eigenvalue weighted by Crippen LogP contribution is -2.15. The van der Waals surface area contributed by atoms with Gasteiger partial charge < -0.3 is 14.8 Å². The summed E-state index contributed by atoms with van der Waals surface area (Å²) >= 11 is 3.31. The normalized spacial score (nSPS) is 10.5. The smallest absolute Gasteiger partial charge is 0.413 e. The first-order valence-corrected chi connectivity index (χ1v) is 7.86. The quantitative estimate of drug-likeness (QED) is 0.618. The third-order valence-electron chi connectivity index (χ3n) is 3.41. The Morgan fingerprint density at radius 1 is 1.17 bits per heavy atom. The van der Waals surface area contributed by atoms with Gasteiger partial charge in [0.2, 0.25) is 0 Å². The highest BCUT2D eigenvalue weighted by Gasteiger charge is 2.20. The summed E-state index contributed by atoms with van der Waals surface area (Å²) in [5.41, 5.74) is 1.43. The number of H-pyrrole nitrogens is 1. The molecule has 3 aromatic rings. The van der Waals surface area contributed by atoms with Crippen LogP contribution >= 0.6 is 15.9 Å². The Balaban J connectivity index is 1.80. The number of aromatic amines is 1. The third-order valence-corrected chi connectivity index (χ3v) is 3.91. The maximum absolute atomic E-state index is 11.9. The highest BCUT2D eigenvalue weighted by atomic mass is 79.9. The van der Waals surface area contributed by atoms with Gasteiger partial charge in [0.1, 0.15) is 18.0 Å². The molecule has 0 aliphatic rings. The molecule has 0 fully saturated rings. The molecule has 7 heteroatoms. The molecule has 0 aliphatic heterocycles. The Labute approximate surface area is 145 Å². The minimum atomic E-state index is -1.14. The number of fused-ring (bicyclic) bond motifs is 1. The molecule has 1 aromatic heterocycles. The van der Waals surface area contributed by atoms with E-state index < -0.39 is 12.1 Å². The molecule has 0 spiro atoms. The summed E-state index contributed by atoms with van der Waals surface area (Å²) in [6, 6.07) is 14.4. The third kappa shape index (κ3) is 3.41. The topological polar surface area (TPSA) is 91.4 Å². The van der Waals surface area contributed by atoms with Crippen LogP contribution in [0.15, 0.2) is 53.0 Å². The fourth-order valence-electron chi connectivity index (χ4n) is 2.34. The summed E-state index contributed by atoms with van der Waals surface area (Å²) in [6.45, 7) is 0.0981. The number of ether oxygens (including phenoxy) is 1. The van der Waals surface area contributed by atoms with E-state index in [1.54, 1.807) is 18.2 Å². The summed E-state index contributed by atoms with van der Waals surface area (Å²) < 4.78 is 5.86. The predicted molar refractivity (Wildman–Crippen MR) is 93.2 cm³/mol. The molecule has 1 heterocycles. The minimum Gasteiger partial charge on any atom is -0.478 e. The molecular weight excluding hydrogens is 376 g/mol. The zero-order chi connectivity index (χ0) is 17.1. The standard InChI is InChI=1S/C17H13BrN2O4/c18-11-6-7-13-12(8-11)14(16(21)22)15(19-13)20-17(23)24-9-10-4-2-1-3-5-10/h1-8,19H,9H2,(H,20,23)(H,21,22). The molecule has 2 aromatic carbocycles. The van der Waals surface area contributed by atoms with E-state index in [0.29, 0.717) is 10.9 Å². The zero-order valence-electron chi connectivity index (χ0n) is 12.4. The summed E-state index contributed by atoms with van der Waals surface area (Å²) in [6.07, 6.45) is -0.730. The predicted octanol–water partition coefficient (Wildman–Crippen LogP) is 4.38. The number of carbonyl (C=O) groups excluding carboxylic acids is 1. The number of anilines is 1. The number of halogens is 1. The van der Waals surface area contributed by atoms with E-state index in [1.165, 1.54) is 0 Å². The van der Waals surface area contributed by atoms with Crippen molar-refractivity contribution in [2.45, 2.75) is 6.61 Å². The van der Waals surface area contributed by atoms with E-state index in [1.807, 2.05) is 30.3 Å². The summed E-state index contributed by atoms with van der Waals surface area (Å²) in [4.78, 5) is 26.4. The molecule has 3 N–H and O–H groups in total. The monoisotopic (exact) mass is 388 g/mol. The Kier molecular flexibility index (Phi) is 4.52. The molecule has 0 saturated heterocycles. The van der Waals surface area contributed by atoms with Gasteiger partial charge >= 0.3 is 12.1 Å². The molecule has 0 radical (unpaired) electrons. The van der Waals surface area contributed by atoms with Crippen molar-refractivity contribution in [3.63, 3.8) is 0 Å². The maximum Gasteiger partial charge on any atom is 0.413 e. The van der Waals surface area contributed by atoms with Crippen LogP contribution in [0, 0.1) is 0 Å². The summed E-state index contributed by atoms with van der Waals surface area (Å²) in [5, 5.41) is 12.4. The van der Waals surface area contributed by atoms with Crippen molar-refractivity contribution in [3.8, 4) is 0 Å². The minimum absolute atomic E-state index is 0.0111. The van der Waals surface area contributed by atoms with Gasteiger partial charge in [-0.05, 0) is 23.8 Å². The van der Waals surface area contributed by atoms with E-state index in [4.69, 9.17) is 4.74 Å². The van der Waals surface area contributed by atoms with E-state index >= 15 is 0 Å². The number of benzene rings is 2. The van der Waals surface area contributed by atoms with Crippen LogP contribution in [0.4, 0.5) is 10.6 Å². The van der Waals surface area contributed by atoms with Crippen LogP contribution in [-0.2, 0) is 11.3 Å². The van der Waals surface area contributed by atoms with E-state index in [-0.39, 0.29) is 18.0 Å². The average Bonchev–Trinajstić information content (AvgIpc) is 2.91. The number of carboxylic acid groups (broad SMARTS) is 1. The molecule has 0 unspecified atom stereocenters. The van der Waals surface area contributed by atoms with Gasteiger partial charge in [-0.25, -0.2) is 9.59 Å². The number of hydrogen-bond donors (Lipinski definition) is 3. The molecule has 24 heavy (non-hydrogen) atoms. The van der Waals surface area contributed by atoms with Crippen molar-refractivity contribution in [2.24, 2.45) is 0 Å². The summed E-state index contributed by atoms with van der Waals surface area (Å²) in [7, 11) is 0. The van der Waals surface area contributed by atoms with E-state index in [0.717, 1.165) is 10.0 Å². The van der Waals surface area contributed by atoms with Gasteiger partial charge in [-0.3, -0.25) is 5.32 Å². The molecule has 0 bridgehead atoms. The van der Waals surface area contributed by atoms with Crippen molar-refractivity contribution >= 4 is 44.7 Å². The van der Waals surface area contributed by atoms with Crippen molar-refractivity contribution in [1.29, 1.82) is 0 Å². The molecule has 0 atom stereocenters. The highest BCUT2D eigenvalue weighted by Crippen LogP contribution is 2.29. The first-order valence-electron chi connectivity index (χ1n) is 7.07. The lowest BCUT2D eigenvalue weighted by Gasteiger charge is -2.06. The second kappa shape index (κ2) is 6.76.